The van der Waals surface area contributed by atoms with Crippen molar-refractivity contribution in [1.29, 1.82) is 0 Å². The maximum Gasteiger partial charge on any atom is 0.226 e. The van der Waals surface area contributed by atoms with Crippen LogP contribution >= 0.6 is 0 Å². The first-order valence-corrected chi connectivity index (χ1v) is 6.58. The van der Waals surface area contributed by atoms with Crippen LogP contribution in [0.25, 0.3) is 0 Å². The van der Waals surface area contributed by atoms with Gasteiger partial charge in [0.15, 0.2) is 0 Å². The number of amides is 1. The van der Waals surface area contributed by atoms with Gasteiger partial charge in [-0.25, -0.2) is 0 Å². The highest BCUT2D eigenvalue weighted by Gasteiger charge is 2.30. The van der Waals surface area contributed by atoms with Gasteiger partial charge in [0, 0.05) is 19.6 Å². The third-order valence-corrected chi connectivity index (χ3v) is 4.04. The predicted octanol–water partition coefficient (Wildman–Crippen LogP) is 2.01. The molecule has 3 heteroatoms. The van der Waals surface area contributed by atoms with Crippen molar-refractivity contribution in [2.75, 3.05) is 13.6 Å². The van der Waals surface area contributed by atoms with Crippen LogP contribution in [0.1, 0.15) is 46.0 Å². The number of carbonyl (C=O) groups is 1. The molecule has 0 aromatic heterocycles. The molecule has 0 aromatic carbocycles. The van der Waals surface area contributed by atoms with Crippen molar-refractivity contribution >= 4 is 5.91 Å². The largest absolute Gasteiger partial charge is 0.342 e. The van der Waals surface area contributed by atoms with Crippen LogP contribution in [0.4, 0.5) is 0 Å². The topological polar surface area (TPSA) is 46.3 Å². The molecule has 1 rings (SSSR count). The second-order valence-corrected chi connectivity index (χ2v) is 5.12. The van der Waals surface area contributed by atoms with Gasteiger partial charge in [0.25, 0.3) is 0 Å². The number of rotatable bonds is 4. The molecule has 0 radical (unpaired) electrons. The molecule has 2 N–H and O–H groups in total. The zero-order valence-corrected chi connectivity index (χ0v) is 10.9. The highest BCUT2D eigenvalue weighted by molar-refractivity contribution is 5.79. The molecule has 0 aromatic rings. The summed E-state index contributed by atoms with van der Waals surface area (Å²) in [5.41, 5.74) is 5.64. The van der Waals surface area contributed by atoms with E-state index in [-0.39, 0.29) is 11.8 Å². The minimum absolute atomic E-state index is 0.0131. The Morgan fingerprint density at radius 2 is 2.06 bits per heavy atom. The van der Waals surface area contributed by atoms with Gasteiger partial charge in [0.1, 0.15) is 0 Å². The third kappa shape index (κ3) is 2.97. The first kappa shape index (κ1) is 13.5. The second-order valence-electron chi connectivity index (χ2n) is 5.12. The Morgan fingerprint density at radius 1 is 1.44 bits per heavy atom. The number of hydrogen-bond donors (Lipinski definition) is 1. The average Bonchev–Trinajstić information content (AvgIpc) is 2.30. The highest BCUT2D eigenvalue weighted by Crippen LogP contribution is 2.28. The van der Waals surface area contributed by atoms with Crippen LogP contribution in [-0.2, 0) is 4.79 Å². The van der Waals surface area contributed by atoms with Gasteiger partial charge in [-0.05, 0) is 25.2 Å². The molecule has 3 nitrogen and oxygen atoms in total. The third-order valence-electron chi connectivity index (χ3n) is 4.04. The molecule has 0 bridgehead atoms. The van der Waals surface area contributed by atoms with Crippen LogP contribution in [0, 0.1) is 11.8 Å². The monoisotopic (exact) mass is 226 g/mol. The minimum atomic E-state index is 0.0131. The number of nitrogens with two attached hydrogens (primary N) is 1. The summed E-state index contributed by atoms with van der Waals surface area (Å²) in [6, 6.07) is 0.432. The first-order valence-electron chi connectivity index (χ1n) is 6.58. The summed E-state index contributed by atoms with van der Waals surface area (Å²) < 4.78 is 0. The molecule has 0 saturated heterocycles. The van der Waals surface area contributed by atoms with E-state index < -0.39 is 0 Å². The molecule has 0 spiro atoms. The van der Waals surface area contributed by atoms with E-state index in [0.717, 1.165) is 12.8 Å². The van der Waals surface area contributed by atoms with Crippen LogP contribution in [0.15, 0.2) is 0 Å². The molecule has 3 atom stereocenters. The first-order chi connectivity index (χ1) is 7.61. The van der Waals surface area contributed by atoms with E-state index in [2.05, 4.69) is 6.92 Å². The molecule has 0 aliphatic heterocycles. The summed E-state index contributed by atoms with van der Waals surface area (Å²) in [6.07, 6.45) is 5.83. The van der Waals surface area contributed by atoms with Gasteiger partial charge in [-0.15, -0.1) is 0 Å². The lowest BCUT2D eigenvalue weighted by Gasteiger charge is -2.37. The van der Waals surface area contributed by atoms with E-state index in [1.165, 1.54) is 19.3 Å². The van der Waals surface area contributed by atoms with Gasteiger partial charge in [-0.1, -0.05) is 26.7 Å². The SMILES string of the molecule is CCC(CN)C(=O)N(C)C1CCCCC1C. The van der Waals surface area contributed by atoms with Crippen molar-refractivity contribution in [3.05, 3.63) is 0 Å². The fourth-order valence-electron chi connectivity index (χ4n) is 2.77. The Morgan fingerprint density at radius 3 is 2.56 bits per heavy atom. The summed E-state index contributed by atoms with van der Waals surface area (Å²) in [4.78, 5) is 14.2. The molecule has 1 aliphatic carbocycles. The zero-order chi connectivity index (χ0) is 12.1. The summed E-state index contributed by atoms with van der Waals surface area (Å²) in [5.74, 6) is 0.890. The second kappa shape index (κ2) is 6.24. The molecular formula is C13H26N2O. The Hall–Kier alpha value is -0.570. The number of nitrogens with zero attached hydrogens (tertiary/aromatic N) is 1. The van der Waals surface area contributed by atoms with Gasteiger partial charge in [0.05, 0.1) is 5.92 Å². The standard InChI is InChI=1S/C13H26N2O/c1-4-11(9-14)13(16)15(3)12-8-6-5-7-10(12)2/h10-12H,4-9,14H2,1-3H3. The molecule has 94 valence electrons. The maximum absolute atomic E-state index is 12.2. The van der Waals surface area contributed by atoms with E-state index in [9.17, 15) is 4.79 Å². The zero-order valence-electron chi connectivity index (χ0n) is 10.9. The van der Waals surface area contributed by atoms with Crippen LogP contribution in [0.3, 0.4) is 0 Å². The fourth-order valence-corrected chi connectivity index (χ4v) is 2.77. The van der Waals surface area contributed by atoms with E-state index >= 15 is 0 Å². The van der Waals surface area contributed by atoms with Crippen molar-refractivity contribution in [3.8, 4) is 0 Å². The van der Waals surface area contributed by atoms with E-state index in [1.54, 1.807) is 0 Å². The molecule has 1 fully saturated rings. The summed E-state index contributed by atoms with van der Waals surface area (Å²) in [5, 5.41) is 0. The lowest BCUT2D eigenvalue weighted by Crippen LogP contribution is -2.46. The normalized spacial score (nSPS) is 27.5. The fraction of sp³-hybridized carbons (Fsp3) is 0.923. The smallest absolute Gasteiger partial charge is 0.226 e. The Kier molecular flexibility index (Phi) is 5.26. The Balaban J connectivity index is 2.60. The van der Waals surface area contributed by atoms with Gasteiger partial charge >= 0.3 is 0 Å². The summed E-state index contributed by atoms with van der Waals surface area (Å²) in [6.45, 7) is 4.77. The quantitative estimate of drug-likeness (QED) is 0.797. The van der Waals surface area contributed by atoms with Crippen LogP contribution in [-0.4, -0.2) is 30.4 Å². The lowest BCUT2D eigenvalue weighted by atomic mass is 9.84. The molecule has 1 saturated carbocycles. The van der Waals surface area contributed by atoms with Gasteiger partial charge in [-0.3, -0.25) is 4.79 Å². The highest BCUT2D eigenvalue weighted by atomic mass is 16.2. The Bertz CT molecular complexity index is 226. The van der Waals surface area contributed by atoms with Crippen LogP contribution in [0.2, 0.25) is 0 Å². The van der Waals surface area contributed by atoms with Crippen molar-refractivity contribution in [2.45, 2.75) is 52.0 Å². The molecule has 1 amide bonds. The average molecular weight is 226 g/mol. The van der Waals surface area contributed by atoms with Gasteiger partial charge in [0.2, 0.25) is 5.91 Å². The van der Waals surface area contributed by atoms with E-state index in [4.69, 9.17) is 5.73 Å². The van der Waals surface area contributed by atoms with Crippen molar-refractivity contribution in [2.24, 2.45) is 17.6 Å². The number of carbonyl (C=O) groups excluding carboxylic acids is 1. The van der Waals surface area contributed by atoms with Gasteiger partial charge in [-0.2, -0.15) is 0 Å². The van der Waals surface area contributed by atoms with Crippen LogP contribution < -0.4 is 5.73 Å². The molecule has 1 aliphatic rings. The van der Waals surface area contributed by atoms with Crippen molar-refractivity contribution < 1.29 is 4.79 Å². The summed E-state index contributed by atoms with van der Waals surface area (Å²) in [7, 11) is 1.95. The van der Waals surface area contributed by atoms with Crippen molar-refractivity contribution in [1.82, 2.24) is 4.90 Å². The molecule has 3 unspecified atom stereocenters. The minimum Gasteiger partial charge on any atom is -0.342 e. The van der Waals surface area contributed by atoms with E-state index in [0.29, 0.717) is 18.5 Å². The van der Waals surface area contributed by atoms with Crippen molar-refractivity contribution in [3.63, 3.8) is 0 Å². The van der Waals surface area contributed by atoms with Crippen LogP contribution in [0.5, 0.6) is 0 Å². The number of hydrogen-bond acceptors (Lipinski definition) is 2. The summed E-state index contributed by atoms with van der Waals surface area (Å²) >= 11 is 0. The van der Waals surface area contributed by atoms with Gasteiger partial charge < -0.3 is 10.6 Å². The molecule has 0 heterocycles. The molecular weight excluding hydrogens is 200 g/mol. The lowest BCUT2D eigenvalue weighted by molar-refractivity contribution is -0.137. The molecule has 16 heavy (non-hydrogen) atoms. The predicted molar refractivity (Wildman–Crippen MR) is 67.0 cm³/mol. The Labute approximate surface area is 99.4 Å². The van der Waals surface area contributed by atoms with E-state index in [1.807, 2.05) is 18.9 Å². The maximum atomic E-state index is 12.2.